The molecule has 0 aromatic heterocycles. The van der Waals surface area contributed by atoms with Crippen LogP contribution in [0.3, 0.4) is 0 Å². The Kier molecular flexibility index (Phi) is 11.1. The molecule has 0 radical (unpaired) electrons. The third-order valence-electron chi connectivity index (χ3n) is 6.80. The number of rotatable bonds is 10. The van der Waals surface area contributed by atoms with Crippen molar-refractivity contribution >= 4 is 69.8 Å². The Bertz CT molecular complexity index is 1390. The van der Waals surface area contributed by atoms with E-state index in [0.717, 1.165) is 21.2 Å². The van der Waals surface area contributed by atoms with Crippen LogP contribution >= 0.6 is 24.2 Å². The third kappa shape index (κ3) is 7.41. The Morgan fingerprint density at radius 3 is 2.50 bits per heavy atom. The molecule has 0 fully saturated rings. The zero-order chi connectivity index (χ0) is 27.9. The molecule has 1 aliphatic heterocycles. The first-order chi connectivity index (χ1) is 18.8. The summed E-state index contributed by atoms with van der Waals surface area (Å²) in [6, 6.07) is 18.3. The predicted molar refractivity (Wildman–Crippen MR) is 163 cm³/mol. The fourth-order valence-electron chi connectivity index (χ4n) is 4.54. The van der Waals surface area contributed by atoms with E-state index in [-0.39, 0.29) is 42.3 Å². The molecule has 3 aromatic carbocycles. The van der Waals surface area contributed by atoms with Gasteiger partial charge in [-0.15, -0.1) is 24.2 Å². The number of carbonyl (C=O) groups excluding carboxylic acids is 4. The SMILES string of the molecule is CN[C@@H](C)C(=O)N[C@H]1CSc2c(NC(=O)CCCC(C)=O)cccc2N(Cc2cccc3ccccc23)C1=O.Cl. The Morgan fingerprint density at radius 1 is 1.02 bits per heavy atom. The van der Waals surface area contributed by atoms with Crippen LogP contribution < -0.4 is 20.9 Å². The van der Waals surface area contributed by atoms with Crippen LogP contribution in [0, 0.1) is 0 Å². The number of benzene rings is 3. The number of ketones is 1. The van der Waals surface area contributed by atoms with E-state index in [9.17, 15) is 19.2 Å². The van der Waals surface area contributed by atoms with E-state index < -0.39 is 12.1 Å². The Labute approximate surface area is 245 Å². The van der Waals surface area contributed by atoms with Gasteiger partial charge in [-0.1, -0.05) is 48.5 Å². The first kappa shape index (κ1) is 31.1. The van der Waals surface area contributed by atoms with Crippen molar-refractivity contribution in [1.82, 2.24) is 10.6 Å². The zero-order valence-electron chi connectivity index (χ0n) is 22.9. The van der Waals surface area contributed by atoms with Gasteiger partial charge in [-0.3, -0.25) is 14.4 Å². The summed E-state index contributed by atoms with van der Waals surface area (Å²) in [7, 11) is 1.70. The van der Waals surface area contributed by atoms with Gasteiger partial charge in [0.05, 0.1) is 28.9 Å². The molecule has 1 aliphatic rings. The van der Waals surface area contributed by atoms with Crippen LogP contribution in [0.2, 0.25) is 0 Å². The summed E-state index contributed by atoms with van der Waals surface area (Å²) in [5.41, 5.74) is 2.26. The highest BCUT2D eigenvalue weighted by Crippen LogP contribution is 2.41. The molecule has 0 saturated carbocycles. The number of thioether (sulfide) groups is 1. The number of nitrogens with one attached hydrogen (secondary N) is 3. The molecule has 10 heteroatoms. The second-order valence-electron chi connectivity index (χ2n) is 9.70. The van der Waals surface area contributed by atoms with Crippen LogP contribution in [-0.4, -0.2) is 48.4 Å². The number of halogens is 1. The first-order valence-electron chi connectivity index (χ1n) is 13.1. The third-order valence-corrected chi connectivity index (χ3v) is 8.02. The molecule has 0 aliphatic carbocycles. The predicted octanol–water partition coefficient (Wildman–Crippen LogP) is 4.69. The molecule has 0 saturated heterocycles. The van der Waals surface area contributed by atoms with Crippen LogP contribution in [0.1, 0.15) is 38.7 Å². The summed E-state index contributed by atoms with van der Waals surface area (Å²) >= 11 is 1.43. The molecule has 4 rings (SSSR count). The van der Waals surface area contributed by atoms with Crippen molar-refractivity contribution in [3.8, 4) is 0 Å². The molecule has 3 aromatic rings. The summed E-state index contributed by atoms with van der Waals surface area (Å²) in [6.45, 7) is 3.56. The standard InChI is InChI=1S/C30H34N4O4S.ClH/c1-19(35)9-6-16-27(36)32-24-14-8-15-26-28(24)39-18-25(33-29(37)20(2)31-3)30(38)34(26)17-22-12-7-11-21-10-4-5-13-23(21)22;/h4-5,7-8,10-15,20,25,31H,6,9,16-18H2,1-3H3,(H,32,36)(H,33,37);1H/t20-,25-;/m0./s1. The molecule has 8 nitrogen and oxygen atoms in total. The molecule has 40 heavy (non-hydrogen) atoms. The smallest absolute Gasteiger partial charge is 0.250 e. The maximum Gasteiger partial charge on any atom is 0.250 e. The van der Waals surface area contributed by atoms with E-state index in [1.165, 1.54) is 18.7 Å². The van der Waals surface area contributed by atoms with Gasteiger partial charge < -0.3 is 25.6 Å². The number of hydrogen-bond donors (Lipinski definition) is 3. The van der Waals surface area contributed by atoms with E-state index in [1.807, 2.05) is 60.7 Å². The van der Waals surface area contributed by atoms with Crippen molar-refractivity contribution in [3.63, 3.8) is 0 Å². The second-order valence-corrected chi connectivity index (χ2v) is 10.7. The van der Waals surface area contributed by atoms with E-state index >= 15 is 0 Å². The van der Waals surface area contributed by atoms with Gasteiger partial charge in [0.25, 0.3) is 5.91 Å². The summed E-state index contributed by atoms with van der Waals surface area (Å²) < 4.78 is 0. The number of anilines is 2. The van der Waals surface area contributed by atoms with Crippen molar-refractivity contribution in [1.29, 1.82) is 0 Å². The number of fused-ring (bicyclic) bond motifs is 2. The fourth-order valence-corrected chi connectivity index (χ4v) is 5.70. The van der Waals surface area contributed by atoms with Crippen molar-refractivity contribution in [2.75, 3.05) is 23.0 Å². The van der Waals surface area contributed by atoms with Crippen LogP contribution in [0.5, 0.6) is 0 Å². The Hall–Kier alpha value is -3.40. The molecule has 0 unspecified atom stereocenters. The molecule has 3 N–H and O–H groups in total. The number of nitrogens with zero attached hydrogens (tertiary/aromatic N) is 1. The number of carbonyl (C=O) groups is 4. The highest BCUT2D eigenvalue weighted by Gasteiger charge is 2.34. The van der Waals surface area contributed by atoms with Crippen molar-refractivity contribution in [3.05, 3.63) is 66.2 Å². The van der Waals surface area contributed by atoms with Gasteiger partial charge in [-0.2, -0.15) is 0 Å². The highest BCUT2D eigenvalue weighted by molar-refractivity contribution is 7.99. The minimum Gasteiger partial charge on any atom is -0.342 e. The quantitative estimate of drug-likeness (QED) is 0.320. The first-order valence-corrected chi connectivity index (χ1v) is 14.1. The molecule has 1 heterocycles. The van der Waals surface area contributed by atoms with Crippen LogP contribution in [-0.2, 0) is 25.7 Å². The van der Waals surface area contributed by atoms with Gasteiger partial charge in [-0.05, 0) is 55.8 Å². The monoisotopic (exact) mass is 582 g/mol. The van der Waals surface area contributed by atoms with Gasteiger partial charge in [-0.25, -0.2) is 0 Å². The van der Waals surface area contributed by atoms with E-state index in [0.29, 0.717) is 36.5 Å². The second kappa shape index (κ2) is 14.3. The lowest BCUT2D eigenvalue weighted by molar-refractivity contribution is -0.128. The number of hydrogen-bond acceptors (Lipinski definition) is 6. The van der Waals surface area contributed by atoms with Gasteiger partial charge in [0.15, 0.2) is 0 Å². The fraction of sp³-hybridized carbons (Fsp3) is 0.333. The van der Waals surface area contributed by atoms with E-state index in [2.05, 4.69) is 16.0 Å². The van der Waals surface area contributed by atoms with Crippen LogP contribution in [0.25, 0.3) is 10.8 Å². The van der Waals surface area contributed by atoms with Crippen molar-refractivity contribution in [2.45, 2.75) is 56.6 Å². The van der Waals surface area contributed by atoms with Gasteiger partial charge >= 0.3 is 0 Å². The molecule has 2 atom stereocenters. The molecular weight excluding hydrogens is 548 g/mol. The number of amides is 3. The summed E-state index contributed by atoms with van der Waals surface area (Å²) in [5, 5.41) is 10.9. The minimum absolute atomic E-state index is 0. The number of likely N-dealkylation sites (N-methyl/N-ethyl adjacent to an activating group) is 1. The lowest BCUT2D eigenvalue weighted by Gasteiger charge is -2.27. The van der Waals surface area contributed by atoms with Crippen LogP contribution in [0.4, 0.5) is 11.4 Å². The molecule has 0 spiro atoms. The number of Topliss-reactive ketones (excluding diaryl/α,β-unsaturated/α-hetero) is 1. The average Bonchev–Trinajstić information content (AvgIpc) is 3.05. The van der Waals surface area contributed by atoms with Crippen molar-refractivity contribution in [2.24, 2.45) is 0 Å². The van der Waals surface area contributed by atoms with Crippen molar-refractivity contribution < 1.29 is 19.2 Å². The Balaban J connectivity index is 0.00000441. The normalized spacial score (nSPS) is 15.4. The minimum atomic E-state index is -0.750. The summed E-state index contributed by atoms with van der Waals surface area (Å²) in [4.78, 5) is 53.2. The van der Waals surface area contributed by atoms with Gasteiger partial charge in [0.2, 0.25) is 11.8 Å². The lowest BCUT2D eigenvalue weighted by Crippen LogP contribution is -2.53. The lowest BCUT2D eigenvalue weighted by atomic mass is 10.0. The highest BCUT2D eigenvalue weighted by atomic mass is 35.5. The zero-order valence-corrected chi connectivity index (χ0v) is 24.5. The average molecular weight is 583 g/mol. The van der Waals surface area contributed by atoms with Gasteiger partial charge in [0.1, 0.15) is 11.8 Å². The maximum absolute atomic E-state index is 14.0. The van der Waals surface area contributed by atoms with Crippen LogP contribution in [0.15, 0.2) is 65.6 Å². The summed E-state index contributed by atoms with van der Waals surface area (Å²) in [6.07, 6.45) is 1.06. The van der Waals surface area contributed by atoms with E-state index in [1.54, 1.807) is 18.9 Å². The van der Waals surface area contributed by atoms with E-state index in [4.69, 9.17) is 0 Å². The topological polar surface area (TPSA) is 108 Å². The molecule has 3 amide bonds. The molecular formula is C30H35ClN4O4S. The molecule has 212 valence electrons. The largest absolute Gasteiger partial charge is 0.342 e. The molecule has 0 bridgehead atoms. The summed E-state index contributed by atoms with van der Waals surface area (Å²) in [5.74, 6) is -0.288. The Morgan fingerprint density at radius 2 is 1.75 bits per heavy atom. The maximum atomic E-state index is 14.0. The van der Waals surface area contributed by atoms with Gasteiger partial charge in [0, 0.05) is 18.6 Å².